The summed E-state index contributed by atoms with van der Waals surface area (Å²) < 4.78 is 16.3. The van der Waals surface area contributed by atoms with Gasteiger partial charge in [0.2, 0.25) is 5.76 Å². The number of methoxy groups -OCH3 is 2. The van der Waals surface area contributed by atoms with E-state index in [2.05, 4.69) is 5.32 Å². The van der Waals surface area contributed by atoms with Crippen LogP contribution in [0.2, 0.25) is 0 Å². The Morgan fingerprint density at radius 1 is 1.00 bits per heavy atom. The summed E-state index contributed by atoms with van der Waals surface area (Å²) in [6.45, 7) is 4.86. The summed E-state index contributed by atoms with van der Waals surface area (Å²) in [4.78, 5) is 27.6. The Labute approximate surface area is 169 Å². The fourth-order valence-corrected chi connectivity index (χ4v) is 3.10. The number of para-hydroxylation sites is 1. The Balaban J connectivity index is 2.04. The largest absolute Gasteiger partial charge is 0.497 e. The van der Waals surface area contributed by atoms with Gasteiger partial charge in [-0.15, -0.1) is 0 Å². The van der Waals surface area contributed by atoms with Gasteiger partial charge in [-0.3, -0.25) is 9.59 Å². The topological polar surface area (TPSA) is 81.0 Å². The fourth-order valence-electron chi connectivity index (χ4n) is 3.10. The number of ether oxygens (including phenoxy) is 2. The van der Waals surface area contributed by atoms with E-state index >= 15 is 0 Å². The van der Waals surface area contributed by atoms with Crippen molar-refractivity contribution in [2.45, 2.75) is 13.8 Å². The molecule has 0 aliphatic carbocycles. The lowest BCUT2D eigenvalue weighted by molar-refractivity contribution is 0.0745. The summed E-state index contributed by atoms with van der Waals surface area (Å²) in [6, 6.07) is 12.1. The van der Waals surface area contributed by atoms with Crippen LogP contribution in [0.25, 0.3) is 11.0 Å². The second-order valence-corrected chi connectivity index (χ2v) is 6.34. The first-order valence-electron chi connectivity index (χ1n) is 9.37. The summed E-state index contributed by atoms with van der Waals surface area (Å²) in [7, 11) is 3.03. The van der Waals surface area contributed by atoms with Crippen molar-refractivity contribution in [2.75, 3.05) is 32.6 Å². The molecule has 1 aromatic heterocycles. The molecule has 0 fully saturated rings. The van der Waals surface area contributed by atoms with Gasteiger partial charge in [0.1, 0.15) is 22.8 Å². The van der Waals surface area contributed by atoms with Crippen LogP contribution in [0.3, 0.4) is 0 Å². The number of rotatable bonds is 7. The molecule has 7 nitrogen and oxygen atoms in total. The lowest BCUT2D eigenvalue weighted by Crippen LogP contribution is -2.31. The third-order valence-corrected chi connectivity index (χ3v) is 4.69. The van der Waals surface area contributed by atoms with Crippen LogP contribution in [0.4, 0.5) is 5.69 Å². The van der Waals surface area contributed by atoms with Gasteiger partial charge in [-0.05, 0) is 38.1 Å². The lowest BCUT2D eigenvalue weighted by Gasteiger charge is -2.18. The molecule has 2 amide bonds. The number of carbonyl (C=O) groups is 2. The van der Waals surface area contributed by atoms with Crippen molar-refractivity contribution in [3.8, 4) is 11.5 Å². The maximum Gasteiger partial charge on any atom is 0.291 e. The summed E-state index contributed by atoms with van der Waals surface area (Å²) in [6.07, 6.45) is 0. The van der Waals surface area contributed by atoms with Crippen LogP contribution in [0.1, 0.15) is 34.8 Å². The van der Waals surface area contributed by atoms with Crippen LogP contribution in [-0.2, 0) is 0 Å². The zero-order valence-corrected chi connectivity index (χ0v) is 16.9. The molecule has 0 atom stereocenters. The molecule has 2 aromatic carbocycles. The Bertz CT molecular complexity index is 1010. The Morgan fingerprint density at radius 2 is 1.62 bits per heavy atom. The van der Waals surface area contributed by atoms with E-state index in [0.717, 1.165) is 0 Å². The van der Waals surface area contributed by atoms with Gasteiger partial charge in [0.15, 0.2) is 0 Å². The van der Waals surface area contributed by atoms with E-state index in [1.54, 1.807) is 35.2 Å². The van der Waals surface area contributed by atoms with E-state index in [4.69, 9.17) is 13.9 Å². The standard InChI is InChI=1S/C22H24N2O5/c1-5-24(6-2)22(26)20-19(17-9-7-8-10-18(17)29-20)23-21(25)14-11-15(27-3)13-16(12-14)28-4/h7-13H,5-6H2,1-4H3,(H,23,25). The second-order valence-electron chi connectivity index (χ2n) is 6.34. The van der Waals surface area contributed by atoms with Crippen molar-refractivity contribution in [3.05, 3.63) is 53.8 Å². The third-order valence-electron chi connectivity index (χ3n) is 4.69. The molecule has 152 valence electrons. The van der Waals surface area contributed by atoms with Gasteiger partial charge in [-0.2, -0.15) is 0 Å². The number of nitrogens with zero attached hydrogens (tertiary/aromatic N) is 1. The van der Waals surface area contributed by atoms with Crippen LogP contribution >= 0.6 is 0 Å². The summed E-state index contributed by atoms with van der Waals surface area (Å²) in [5.74, 6) is 0.419. The van der Waals surface area contributed by atoms with Crippen LogP contribution in [-0.4, -0.2) is 44.0 Å². The highest BCUT2D eigenvalue weighted by Crippen LogP contribution is 2.33. The second kappa shape index (κ2) is 8.68. The minimum Gasteiger partial charge on any atom is -0.497 e. The van der Waals surface area contributed by atoms with Crippen LogP contribution in [0.15, 0.2) is 46.9 Å². The number of fused-ring (bicyclic) bond motifs is 1. The van der Waals surface area contributed by atoms with Crippen molar-refractivity contribution < 1.29 is 23.5 Å². The molecule has 0 aliphatic rings. The van der Waals surface area contributed by atoms with Gasteiger partial charge in [-0.1, -0.05) is 12.1 Å². The monoisotopic (exact) mass is 396 g/mol. The zero-order valence-electron chi connectivity index (χ0n) is 16.9. The van der Waals surface area contributed by atoms with Gasteiger partial charge in [0.25, 0.3) is 11.8 Å². The predicted molar refractivity (Wildman–Crippen MR) is 111 cm³/mol. The number of nitrogens with one attached hydrogen (secondary N) is 1. The molecule has 0 radical (unpaired) electrons. The van der Waals surface area contributed by atoms with Crippen molar-refractivity contribution in [1.82, 2.24) is 4.90 Å². The third kappa shape index (κ3) is 4.03. The molecule has 3 aromatic rings. The minimum atomic E-state index is -0.401. The molecule has 0 bridgehead atoms. The van der Waals surface area contributed by atoms with Gasteiger partial charge in [0.05, 0.1) is 14.2 Å². The SMILES string of the molecule is CCN(CC)C(=O)c1oc2ccccc2c1NC(=O)c1cc(OC)cc(OC)c1. The van der Waals surface area contributed by atoms with Gasteiger partial charge in [0, 0.05) is 30.1 Å². The molecule has 3 rings (SSSR count). The quantitative estimate of drug-likeness (QED) is 0.648. The Hall–Kier alpha value is -3.48. The van der Waals surface area contributed by atoms with E-state index < -0.39 is 5.91 Å². The van der Waals surface area contributed by atoms with E-state index in [0.29, 0.717) is 46.8 Å². The van der Waals surface area contributed by atoms with Gasteiger partial charge in [-0.25, -0.2) is 0 Å². The zero-order chi connectivity index (χ0) is 21.0. The van der Waals surface area contributed by atoms with Crippen LogP contribution < -0.4 is 14.8 Å². The maximum absolute atomic E-state index is 13.0. The number of anilines is 1. The number of furan rings is 1. The van der Waals surface area contributed by atoms with E-state index in [1.807, 2.05) is 26.0 Å². The van der Waals surface area contributed by atoms with E-state index in [-0.39, 0.29) is 11.7 Å². The predicted octanol–water partition coefficient (Wildman–Crippen LogP) is 4.18. The molecule has 1 heterocycles. The Morgan fingerprint density at radius 3 is 2.21 bits per heavy atom. The number of carbonyl (C=O) groups excluding carboxylic acids is 2. The molecular formula is C22H24N2O5. The van der Waals surface area contributed by atoms with Crippen LogP contribution in [0, 0.1) is 0 Å². The maximum atomic E-state index is 13.0. The fraction of sp³-hybridized carbons (Fsp3) is 0.273. The first-order chi connectivity index (χ1) is 14.0. The lowest BCUT2D eigenvalue weighted by atomic mass is 10.1. The van der Waals surface area contributed by atoms with Crippen molar-refractivity contribution in [3.63, 3.8) is 0 Å². The van der Waals surface area contributed by atoms with Gasteiger partial charge < -0.3 is 24.1 Å². The molecule has 0 unspecified atom stereocenters. The number of amides is 2. The van der Waals surface area contributed by atoms with Crippen molar-refractivity contribution in [1.29, 1.82) is 0 Å². The average molecular weight is 396 g/mol. The molecule has 0 saturated carbocycles. The van der Waals surface area contributed by atoms with E-state index in [1.165, 1.54) is 14.2 Å². The molecule has 7 heteroatoms. The van der Waals surface area contributed by atoms with Crippen molar-refractivity contribution >= 4 is 28.5 Å². The average Bonchev–Trinajstić information content (AvgIpc) is 3.12. The smallest absolute Gasteiger partial charge is 0.291 e. The molecule has 0 saturated heterocycles. The number of hydrogen-bond acceptors (Lipinski definition) is 5. The molecule has 0 aliphatic heterocycles. The summed E-state index contributed by atoms with van der Waals surface area (Å²) in [5.41, 5.74) is 1.22. The summed E-state index contributed by atoms with van der Waals surface area (Å²) >= 11 is 0. The van der Waals surface area contributed by atoms with Gasteiger partial charge >= 0.3 is 0 Å². The molecular weight excluding hydrogens is 372 g/mol. The number of benzene rings is 2. The molecule has 29 heavy (non-hydrogen) atoms. The highest BCUT2D eigenvalue weighted by Gasteiger charge is 2.25. The minimum absolute atomic E-state index is 0.109. The van der Waals surface area contributed by atoms with Crippen LogP contribution in [0.5, 0.6) is 11.5 Å². The first kappa shape index (κ1) is 20.3. The first-order valence-corrected chi connectivity index (χ1v) is 9.37. The molecule has 0 spiro atoms. The highest BCUT2D eigenvalue weighted by molar-refractivity contribution is 6.14. The van der Waals surface area contributed by atoms with E-state index in [9.17, 15) is 9.59 Å². The molecule has 1 N–H and O–H groups in total. The Kier molecular flexibility index (Phi) is 6.07. The normalized spacial score (nSPS) is 10.6. The van der Waals surface area contributed by atoms with Crippen molar-refractivity contribution in [2.24, 2.45) is 0 Å². The number of hydrogen-bond donors (Lipinski definition) is 1. The highest BCUT2D eigenvalue weighted by atomic mass is 16.5. The summed E-state index contributed by atoms with van der Waals surface area (Å²) in [5, 5.41) is 3.50.